The molecule has 0 spiro atoms. The molecule has 6 heteroatoms. The van der Waals surface area contributed by atoms with Crippen molar-refractivity contribution in [2.75, 3.05) is 12.0 Å². The van der Waals surface area contributed by atoms with Crippen LogP contribution >= 0.6 is 0 Å². The molecule has 172 valence electrons. The molecule has 6 nitrogen and oxygen atoms in total. The van der Waals surface area contributed by atoms with Gasteiger partial charge in [0.2, 0.25) is 0 Å². The van der Waals surface area contributed by atoms with Crippen LogP contribution in [0.4, 0.5) is 5.69 Å². The average molecular weight is 456 g/mol. The molecule has 34 heavy (non-hydrogen) atoms. The number of anilines is 1. The second-order valence-corrected chi connectivity index (χ2v) is 8.73. The lowest BCUT2D eigenvalue weighted by molar-refractivity contribution is -0.132. The maximum atomic E-state index is 13.3. The monoisotopic (exact) mass is 455 g/mol. The number of aliphatic hydroxyl groups is 1. The number of ether oxygens (including phenoxy) is 2. The predicted octanol–water partition coefficient (Wildman–Crippen LogP) is 4.95. The quantitative estimate of drug-likeness (QED) is 0.342. The predicted molar refractivity (Wildman–Crippen MR) is 129 cm³/mol. The highest BCUT2D eigenvalue weighted by Gasteiger charge is 2.47. The van der Waals surface area contributed by atoms with Crippen LogP contribution in [0.3, 0.4) is 0 Å². The molecule has 2 heterocycles. The number of aryl methyl sites for hydroxylation is 1. The van der Waals surface area contributed by atoms with Crippen LogP contribution in [-0.4, -0.2) is 30.0 Å². The van der Waals surface area contributed by atoms with Gasteiger partial charge in [-0.05, 0) is 67.4 Å². The molecule has 1 amide bonds. The second kappa shape index (κ2) is 8.37. The molecule has 3 aromatic rings. The van der Waals surface area contributed by atoms with Gasteiger partial charge in [0.1, 0.15) is 23.4 Å². The SMILES string of the molecule is COc1ccc(C2/C(=C(/O)c3ccc4c(c3)CC(C)O4)C(=O)C(=O)N2c2ccc(C)cc2)cc1. The molecule has 0 aromatic heterocycles. The maximum Gasteiger partial charge on any atom is 0.300 e. The molecule has 2 aliphatic rings. The molecule has 0 bridgehead atoms. The molecule has 2 atom stereocenters. The molecule has 2 unspecified atom stereocenters. The largest absolute Gasteiger partial charge is 0.507 e. The Hall–Kier alpha value is -4.06. The highest BCUT2D eigenvalue weighted by atomic mass is 16.5. The van der Waals surface area contributed by atoms with Crippen molar-refractivity contribution in [1.29, 1.82) is 0 Å². The molecular weight excluding hydrogens is 430 g/mol. The van der Waals surface area contributed by atoms with Gasteiger partial charge in [-0.15, -0.1) is 0 Å². The third kappa shape index (κ3) is 3.61. The van der Waals surface area contributed by atoms with Crippen LogP contribution in [0.15, 0.2) is 72.3 Å². The number of carbonyl (C=O) groups excluding carboxylic acids is 2. The van der Waals surface area contributed by atoms with Gasteiger partial charge in [-0.25, -0.2) is 0 Å². The summed E-state index contributed by atoms with van der Waals surface area (Å²) in [6.07, 6.45) is 0.773. The Balaban J connectivity index is 1.67. The third-order valence-corrected chi connectivity index (χ3v) is 6.36. The summed E-state index contributed by atoms with van der Waals surface area (Å²) in [7, 11) is 1.58. The van der Waals surface area contributed by atoms with E-state index in [1.165, 1.54) is 4.90 Å². The van der Waals surface area contributed by atoms with Crippen LogP contribution in [-0.2, 0) is 16.0 Å². The van der Waals surface area contributed by atoms with E-state index in [2.05, 4.69) is 0 Å². The van der Waals surface area contributed by atoms with Crippen molar-refractivity contribution in [2.45, 2.75) is 32.4 Å². The van der Waals surface area contributed by atoms with Gasteiger partial charge in [-0.2, -0.15) is 0 Å². The van der Waals surface area contributed by atoms with Crippen LogP contribution in [0, 0.1) is 6.92 Å². The summed E-state index contributed by atoms with van der Waals surface area (Å²) >= 11 is 0. The third-order valence-electron chi connectivity index (χ3n) is 6.36. The number of nitrogens with zero attached hydrogens (tertiary/aromatic N) is 1. The normalized spacial score (nSPS) is 20.9. The Labute approximate surface area is 198 Å². The first-order valence-electron chi connectivity index (χ1n) is 11.2. The average Bonchev–Trinajstić information content (AvgIpc) is 3.35. The summed E-state index contributed by atoms with van der Waals surface area (Å²) < 4.78 is 11.0. The van der Waals surface area contributed by atoms with Crippen molar-refractivity contribution in [1.82, 2.24) is 0 Å². The van der Waals surface area contributed by atoms with Crippen molar-refractivity contribution >= 4 is 23.1 Å². The number of aliphatic hydroxyl groups excluding tert-OH is 1. The van der Waals surface area contributed by atoms with Gasteiger partial charge in [0, 0.05) is 17.7 Å². The van der Waals surface area contributed by atoms with Crippen LogP contribution in [0.2, 0.25) is 0 Å². The highest BCUT2D eigenvalue weighted by Crippen LogP contribution is 2.43. The zero-order valence-corrected chi connectivity index (χ0v) is 19.2. The summed E-state index contributed by atoms with van der Waals surface area (Å²) in [5.41, 5.74) is 3.82. The minimum atomic E-state index is -0.781. The molecule has 2 aliphatic heterocycles. The van der Waals surface area contributed by atoms with E-state index >= 15 is 0 Å². The number of benzene rings is 3. The van der Waals surface area contributed by atoms with Gasteiger partial charge in [0.05, 0.1) is 18.7 Å². The number of methoxy groups -OCH3 is 1. The number of Topliss-reactive ketones (excluding diaryl/α,β-unsaturated/α-hetero) is 1. The molecule has 0 radical (unpaired) electrons. The zero-order valence-electron chi connectivity index (χ0n) is 19.2. The fourth-order valence-corrected chi connectivity index (χ4v) is 4.63. The number of amides is 1. The number of fused-ring (bicyclic) bond motifs is 1. The number of hydrogen-bond donors (Lipinski definition) is 1. The topological polar surface area (TPSA) is 76.1 Å². The molecule has 3 aromatic carbocycles. The van der Waals surface area contributed by atoms with Gasteiger partial charge in [0.15, 0.2) is 0 Å². The molecule has 0 saturated carbocycles. The van der Waals surface area contributed by atoms with Gasteiger partial charge < -0.3 is 14.6 Å². The summed E-state index contributed by atoms with van der Waals surface area (Å²) in [4.78, 5) is 28.0. The van der Waals surface area contributed by atoms with E-state index in [-0.39, 0.29) is 17.4 Å². The van der Waals surface area contributed by atoms with Gasteiger partial charge in [-0.3, -0.25) is 14.5 Å². The number of hydrogen-bond acceptors (Lipinski definition) is 5. The Morgan fingerprint density at radius 3 is 2.41 bits per heavy atom. The second-order valence-electron chi connectivity index (χ2n) is 8.73. The van der Waals surface area contributed by atoms with Gasteiger partial charge in [-0.1, -0.05) is 29.8 Å². The van der Waals surface area contributed by atoms with Crippen LogP contribution in [0.5, 0.6) is 11.5 Å². The summed E-state index contributed by atoms with van der Waals surface area (Å²) in [6.45, 7) is 3.94. The Kier molecular flexibility index (Phi) is 5.36. The molecule has 1 fully saturated rings. The van der Waals surface area contributed by atoms with Crippen LogP contribution < -0.4 is 14.4 Å². The molecule has 5 rings (SSSR count). The first kappa shape index (κ1) is 21.8. The lowest BCUT2D eigenvalue weighted by Gasteiger charge is -2.25. The van der Waals surface area contributed by atoms with Crippen molar-refractivity contribution in [2.24, 2.45) is 0 Å². The van der Waals surface area contributed by atoms with E-state index in [4.69, 9.17) is 9.47 Å². The number of carbonyl (C=O) groups is 2. The molecule has 1 saturated heterocycles. The van der Waals surface area contributed by atoms with E-state index in [0.717, 1.165) is 23.3 Å². The first-order chi connectivity index (χ1) is 16.4. The van der Waals surface area contributed by atoms with E-state index < -0.39 is 17.7 Å². The molecular formula is C28H25NO5. The summed E-state index contributed by atoms with van der Waals surface area (Å²) in [5, 5.41) is 11.4. The van der Waals surface area contributed by atoms with E-state index in [1.807, 2.05) is 56.3 Å². The lowest BCUT2D eigenvalue weighted by atomic mass is 9.94. The first-order valence-corrected chi connectivity index (χ1v) is 11.2. The Bertz CT molecular complexity index is 1310. The number of ketones is 1. The van der Waals surface area contributed by atoms with Crippen molar-refractivity contribution < 1.29 is 24.2 Å². The fraction of sp³-hybridized carbons (Fsp3) is 0.214. The maximum absolute atomic E-state index is 13.3. The molecule has 1 N–H and O–H groups in total. The standard InChI is InChI=1S/C28H25NO5/c1-16-4-9-21(10-5-16)29-25(18-6-11-22(33-3)12-7-18)24(27(31)28(29)32)26(30)19-8-13-23-20(15-19)14-17(2)34-23/h4-13,15,17,25,30H,14H2,1-3H3/b26-24-. The minimum Gasteiger partial charge on any atom is -0.507 e. The van der Waals surface area contributed by atoms with Crippen LogP contribution in [0.25, 0.3) is 5.76 Å². The molecule has 0 aliphatic carbocycles. The van der Waals surface area contributed by atoms with Gasteiger partial charge in [0.25, 0.3) is 11.7 Å². The van der Waals surface area contributed by atoms with Crippen LogP contribution in [0.1, 0.15) is 35.2 Å². The van der Waals surface area contributed by atoms with Crippen molar-refractivity contribution in [3.63, 3.8) is 0 Å². The Morgan fingerprint density at radius 1 is 1.03 bits per heavy atom. The van der Waals surface area contributed by atoms with E-state index in [0.29, 0.717) is 22.6 Å². The highest BCUT2D eigenvalue weighted by molar-refractivity contribution is 6.51. The van der Waals surface area contributed by atoms with Gasteiger partial charge >= 0.3 is 0 Å². The van der Waals surface area contributed by atoms with Crippen molar-refractivity contribution in [3.05, 3.63) is 94.6 Å². The van der Waals surface area contributed by atoms with Crippen molar-refractivity contribution in [3.8, 4) is 11.5 Å². The zero-order chi connectivity index (χ0) is 24.0. The number of rotatable bonds is 4. The minimum absolute atomic E-state index is 0.0545. The summed E-state index contributed by atoms with van der Waals surface area (Å²) in [6, 6.07) is 19.1. The fourth-order valence-electron chi connectivity index (χ4n) is 4.63. The summed E-state index contributed by atoms with van der Waals surface area (Å²) in [5.74, 6) is -0.163. The lowest BCUT2D eigenvalue weighted by Crippen LogP contribution is -2.29. The van der Waals surface area contributed by atoms with E-state index in [9.17, 15) is 14.7 Å². The van der Waals surface area contributed by atoms with E-state index in [1.54, 1.807) is 31.4 Å². The Morgan fingerprint density at radius 2 is 1.74 bits per heavy atom. The smallest absolute Gasteiger partial charge is 0.300 e.